The zero-order valence-electron chi connectivity index (χ0n) is 7.46. The van der Waals surface area contributed by atoms with Gasteiger partial charge in [0.2, 0.25) is 5.88 Å². The fourth-order valence-corrected chi connectivity index (χ4v) is 0.816. The van der Waals surface area contributed by atoms with Gasteiger partial charge in [0.05, 0.1) is 5.69 Å². The van der Waals surface area contributed by atoms with E-state index < -0.39 is 36.5 Å². The molecule has 0 aromatic carbocycles. The van der Waals surface area contributed by atoms with Crippen molar-refractivity contribution in [1.29, 1.82) is 0 Å². The van der Waals surface area contributed by atoms with Crippen LogP contribution in [0.25, 0.3) is 0 Å². The predicted octanol–water partition coefficient (Wildman–Crippen LogP) is 2.01. The fourth-order valence-electron chi connectivity index (χ4n) is 0.816. The number of rotatable bonds is 4. The maximum Gasteiger partial charge on any atom is 0.388 e. The molecule has 9 heteroatoms. The van der Waals surface area contributed by atoms with Crippen LogP contribution in [0.4, 0.5) is 27.6 Å². The number of nitrogens with two attached hydrogens (primary N) is 1. The molecule has 0 fully saturated rings. The maximum absolute atomic E-state index is 12.9. The highest BCUT2D eigenvalue weighted by molar-refractivity contribution is 5.50. The molecule has 1 rings (SSSR count). The van der Waals surface area contributed by atoms with Crippen molar-refractivity contribution in [3.8, 4) is 11.8 Å². The zero-order valence-corrected chi connectivity index (χ0v) is 7.46. The molecule has 0 spiro atoms. The van der Waals surface area contributed by atoms with Crippen molar-refractivity contribution in [2.45, 2.75) is 13.2 Å². The Morgan fingerprint density at radius 2 is 1.56 bits per heavy atom. The normalized spacial score (nSPS) is 10.9. The highest BCUT2D eigenvalue weighted by Gasteiger charge is 2.18. The summed E-state index contributed by atoms with van der Waals surface area (Å²) in [6.07, 6.45) is 0. The largest absolute Gasteiger partial charge is 0.415 e. The van der Waals surface area contributed by atoms with Crippen molar-refractivity contribution >= 4 is 5.69 Å². The number of hydrogen-bond acceptors (Lipinski definition) is 4. The van der Waals surface area contributed by atoms with E-state index in [9.17, 15) is 22.0 Å². The Balaban J connectivity index is 3.01. The van der Waals surface area contributed by atoms with E-state index in [0.717, 1.165) is 0 Å². The van der Waals surface area contributed by atoms with Gasteiger partial charge in [-0.25, -0.2) is 4.39 Å². The van der Waals surface area contributed by atoms with Crippen molar-refractivity contribution in [2.24, 2.45) is 0 Å². The molecule has 0 saturated carbocycles. The van der Waals surface area contributed by atoms with Crippen LogP contribution in [-0.2, 0) is 0 Å². The monoisotopic (exact) mass is 244 g/mol. The van der Waals surface area contributed by atoms with Crippen LogP contribution < -0.4 is 15.2 Å². The van der Waals surface area contributed by atoms with Crippen LogP contribution in [-0.4, -0.2) is 18.2 Å². The van der Waals surface area contributed by atoms with Gasteiger partial charge in [0.25, 0.3) is 5.88 Å². The lowest BCUT2D eigenvalue weighted by molar-refractivity contribution is -0.0616. The third-order valence-corrected chi connectivity index (χ3v) is 1.34. The smallest absolute Gasteiger partial charge is 0.388 e. The Hall–Kier alpha value is -1.80. The van der Waals surface area contributed by atoms with Crippen molar-refractivity contribution in [2.75, 3.05) is 5.73 Å². The molecular weight excluding hydrogens is 239 g/mol. The molecular formula is C7H5F5N2O2. The molecule has 0 bridgehead atoms. The van der Waals surface area contributed by atoms with Gasteiger partial charge < -0.3 is 15.2 Å². The van der Waals surface area contributed by atoms with E-state index in [2.05, 4.69) is 14.5 Å². The quantitative estimate of drug-likeness (QED) is 0.823. The molecule has 0 aliphatic rings. The summed E-state index contributed by atoms with van der Waals surface area (Å²) in [5.74, 6) is -3.36. The second-order valence-corrected chi connectivity index (χ2v) is 2.43. The molecule has 0 aliphatic heterocycles. The molecule has 0 atom stereocenters. The summed E-state index contributed by atoms with van der Waals surface area (Å²) in [5, 5.41) is 0. The van der Waals surface area contributed by atoms with Crippen molar-refractivity contribution in [1.82, 2.24) is 4.98 Å². The third kappa shape index (κ3) is 3.11. The molecule has 4 nitrogen and oxygen atoms in total. The number of pyridine rings is 1. The van der Waals surface area contributed by atoms with Crippen molar-refractivity contribution in [3.05, 3.63) is 11.9 Å². The summed E-state index contributed by atoms with van der Waals surface area (Å²) >= 11 is 0. The number of nitrogens with zero attached hydrogens (tertiary/aromatic N) is 1. The Kier molecular flexibility index (Phi) is 3.69. The van der Waals surface area contributed by atoms with E-state index in [1.165, 1.54) is 0 Å². The molecule has 90 valence electrons. The van der Waals surface area contributed by atoms with Gasteiger partial charge in [0.15, 0.2) is 5.82 Å². The summed E-state index contributed by atoms with van der Waals surface area (Å²) in [4.78, 5) is 2.95. The molecule has 16 heavy (non-hydrogen) atoms. The molecule has 0 unspecified atom stereocenters. The van der Waals surface area contributed by atoms with Crippen LogP contribution in [0.1, 0.15) is 0 Å². The minimum Gasteiger partial charge on any atom is -0.415 e. The molecule has 1 aromatic heterocycles. The second-order valence-electron chi connectivity index (χ2n) is 2.43. The number of nitrogen functional groups attached to an aromatic ring is 1. The molecule has 0 aliphatic carbocycles. The standard InChI is InChI=1S/C7H5F5N2O2/c8-2-1-3(13)5(16-7(11)12)14-4(2)15-6(9)10/h1,6-7H,13H2. The van der Waals surface area contributed by atoms with Gasteiger partial charge in [-0.3, -0.25) is 0 Å². The summed E-state index contributed by atoms with van der Waals surface area (Å²) in [6, 6.07) is 0.489. The van der Waals surface area contributed by atoms with Crippen molar-refractivity contribution in [3.63, 3.8) is 0 Å². The molecule has 1 heterocycles. The van der Waals surface area contributed by atoms with E-state index in [0.29, 0.717) is 6.07 Å². The maximum atomic E-state index is 12.9. The zero-order chi connectivity index (χ0) is 12.3. The van der Waals surface area contributed by atoms with E-state index in [1.54, 1.807) is 0 Å². The van der Waals surface area contributed by atoms with E-state index in [4.69, 9.17) is 5.73 Å². The number of alkyl halides is 4. The Morgan fingerprint density at radius 3 is 2.06 bits per heavy atom. The number of hydrogen-bond donors (Lipinski definition) is 1. The fraction of sp³-hybridized carbons (Fsp3) is 0.286. The first-order valence-electron chi connectivity index (χ1n) is 3.75. The lowest BCUT2D eigenvalue weighted by Gasteiger charge is -2.09. The minimum absolute atomic E-state index is 0.489. The third-order valence-electron chi connectivity index (χ3n) is 1.34. The van der Waals surface area contributed by atoms with Crippen LogP contribution in [0.5, 0.6) is 11.8 Å². The average molecular weight is 244 g/mol. The first-order chi connectivity index (χ1) is 7.40. The molecule has 0 saturated heterocycles. The van der Waals surface area contributed by atoms with Gasteiger partial charge in [-0.15, -0.1) is 0 Å². The topological polar surface area (TPSA) is 57.4 Å². The van der Waals surface area contributed by atoms with Crippen LogP contribution in [0.3, 0.4) is 0 Å². The van der Waals surface area contributed by atoms with Crippen LogP contribution in [0.2, 0.25) is 0 Å². The highest BCUT2D eigenvalue weighted by Crippen LogP contribution is 2.27. The van der Waals surface area contributed by atoms with Gasteiger partial charge in [-0.1, -0.05) is 0 Å². The Morgan fingerprint density at radius 1 is 1.06 bits per heavy atom. The Labute approximate surface area is 85.8 Å². The van der Waals surface area contributed by atoms with E-state index >= 15 is 0 Å². The number of ether oxygens (including phenoxy) is 2. The highest BCUT2D eigenvalue weighted by atomic mass is 19.3. The predicted molar refractivity (Wildman–Crippen MR) is 41.9 cm³/mol. The van der Waals surface area contributed by atoms with Crippen LogP contribution in [0, 0.1) is 5.82 Å². The Bertz CT molecular complexity index is 343. The summed E-state index contributed by atoms with van der Waals surface area (Å²) in [5.41, 5.74) is 4.51. The summed E-state index contributed by atoms with van der Waals surface area (Å²) in [7, 11) is 0. The van der Waals surface area contributed by atoms with Crippen LogP contribution in [0.15, 0.2) is 6.07 Å². The van der Waals surface area contributed by atoms with Gasteiger partial charge >= 0.3 is 13.2 Å². The van der Waals surface area contributed by atoms with Crippen molar-refractivity contribution < 1.29 is 31.4 Å². The lowest BCUT2D eigenvalue weighted by atomic mass is 10.4. The first kappa shape index (κ1) is 12.3. The average Bonchev–Trinajstić information content (AvgIpc) is 2.11. The second kappa shape index (κ2) is 4.81. The molecule has 0 amide bonds. The van der Waals surface area contributed by atoms with Gasteiger partial charge in [-0.2, -0.15) is 22.5 Å². The van der Waals surface area contributed by atoms with E-state index in [-0.39, 0.29) is 0 Å². The van der Waals surface area contributed by atoms with Crippen LogP contribution >= 0.6 is 0 Å². The lowest BCUT2D eigenvalue weighted by Crippen LogP contribution is -2.10. The molecule has 2 N–H and O–H groups in total. The van der Waals surface area contributed by atoms with Gasteiger partial charge in [-0.05, 0) is 0 Å². The summed E-state index contributed by atoms with van der Waals surface area (Å²) < 4.78 is 67.3. The molecule has 1 aromatic rings. The first-order valence-corrected chi connectivity index (χ1v) is 3.75. The SMILES string of the molecule is Nc1cc(F)c(OC(F)F)nc1OC(F)F. The molecule has 0 radical (unpaired) electrons. The number of aromatic nitrogens is 1. The van der Waals surface area contributed by atoms with E-state index in [1.807, 2.05) is 0 Å². The summed E-state index contributed by atoms with van der Waals surface area (Å²) in [6.45, 7) is -6.61. The number of anilines is 1. The van der Waals surface area contributed by atoms with Gasteiger partial charge in [0.1, 0.15) is 0 Å². The minimum atomic E-state index is -3.34. The van der Waals surface area contributed by atoms with Gasteiger partial charge in [0, 0.05) is 6.07 Å². The number of halogens is 5.